The Balaban J connectivity index is 2.34. The lowest BCUT2D eigenvalue weighted by atomic mass is 10.2. The highest BCUT2D eigenvalue weighted by molar-refractivity contribution is 9.10. The van der Waals surface area contributed by atoms with Gasteiger partial charge in [0.2, 0.25) is 0 Å². The van der Waals surface area contributed by atoms with Gasteiger partial charge < -0.3 is 10.6 Å². The van der Waals surface area contributed by atoms with Crippen molar-refractivity contribution in [3.8, 4) is 0 Å². The molecule has 0 atom stereocenters. The topological polar surface area (TPSA) is 54.0 Å². The number of halogens is 3. The number of hydrogen-bond acceptors (Lipinski definition) is 3. The molecule has 0 spiro atoms. The van der Waals surface area contributed by atoms with Crippen molar-refractivity contribution in [2.75, 3.05) is 17.7 Å². The zero-order valence-corrected chi connectivity index (χ0v) is 13.6. The zero-order valence-electron chi connectivity index (χ0n) is 11.3. The van der Waals surface area contributed by atoms with Gasteiger partial charge in [0.15, 0.2) is 0 Å². The average Bonchev–Trinajstić information content (AvgIpc) is 2.44. The summed E-state index contributed by atoms with van der Waals surface area (Å²) in [5.41, 5.74) is 1.49. The summed E-state index contributed by atoms with van der Waals surface area (Å²) in [7, 11) is 1.61. The predicted octanol–water partition coefficient (Wildman–Crippen LogP) is 4.24. The van der Waals surface area contributed by atoms with Gasteiger partial charge in [0.25, 0.3) is 5.91 Å². The van der Waals surface area contributed by atoms with Crippen molar-refractivity contribution in [1.82, 2.24) is 4.98 Å². The van der Waals surface area contributed by atoms with Gasteiger partial charge in [0.05, 0.1) is 17.4 Å². The van der Waals surface area contributed by atoms with Crippen LogP contribution in [0.25, 0.3) is 0 Å². The van der Waals surface area contributed by atoms with Crippen LogP contribution >= 0.6 is 27.5 Å². The van der Waals surface area contributed by atoms with E-state index < -0.39 is 11.7 Å². The first kappa shape index (κ1) is 15.7. The molecule has 0 radical (unpaired) electrons. The molecule has 4 nitrogen and oxygen atoms in total. The SMILES string of the molecule is CNc1ncc(F)cc1C(=O)Nc1cc(Cl)c(C)cc1Br. The molecule has 0 aliphatic heterocycles. The van der Waals surface area contributed by atoms with E-state index in [0.29, 0.717) is 21.0 Å². The molecule has 1 aromatic heterocycles. The molecule has 0 unspecified atom stereocenters. The monoisotopic (exact) mass is 371 g/mol. The van der Waals surface area contributed by atoms with Crippen molar-refractivity contribution in [2.24, 2.45) is 0 Å². The van der Waals surface area contributed by atoms with Crippen LogP contribution in [0.5, 0.6) is 0 Å². The fourth-order valence-electron chi connectivity index (χ4n) is 1.74. The Bertz CT molecular complexity index is 709. The highest BCUT2D eigenvalue weighted by atomic mass is 79.9. The summed E-state index contributed by atoms with van der Waals surface area (Å²) in [6.45, 7) is 1.86. The molecule has 0 fully saturated rings. The van der Waals surface area contributed by atoms with E-state index in [0.717, 1.165) is 17.8 Å². The van der Waals surface area contributed by atoms with E-state index >= 15 is 0 Å². The number of nitrogens with one attached hydrogen (secondary N) is 2. The van der Waals surface area contributed by atoms with Crippen LogP contribution in [0.4, 0.5) is 15.9 Å². The van der Waals surface area contributed by atoms with Gasteiger partial charge in [0, 0.05) is 16.5 Å². The number of nitrogens with zero attached hydrogens (tertiary/aromatic N) is 1. The number of rotatable bonds is 3. The van der Waals surface area contributed by atoms with E-state index in [2.05, 4.69) is 31.5 Å². The van der Waals surface area contributed by atoms with Crippen molar-refractivity contribution in [3.05, 3.63) is 50.8 Å². The molecule has 7 heteroatoms. The standard InChI is InChI=1S/C14H12BrClFN3O/c1-7-3-10(15)12(5-11(7)16)20-14(21)9-4-8(17)6-19-13(9)18-2/h3-6H,1-2H3,(H,18,19)(H,20,21). The summed E-state index contributed by atoms with van der Waals surface area (Å²) in [6.07, 6.45) is 1.04. The molecule has 0 saturated carbocycles. The molecule has 110 valence electrons. The lowest BCUT2D eigenvalue weighted by Gasteiger charge is -2.11. The first-order valence-electron chi connectivity index (χ1n) is 6.02. The van der Waals surface area contributed by atoms with Crippen LogP contribution in [0.15, 0.2) is 28.9 Å². The third-order valence-electron chi connectivity index (χ3n) is 2.83. The highest BCUT2D eigenvalue weighted by Gasteiger charge is 2.15. The molecule has 0 aliphatic carbocycles. The number of aromatic nitrogens is 1. The molecule has 2 aromatic rings. The summed E-state index contributed by atoms with van der Waals surface area (Å²) in [5.74, 6) is -0.768. The number of pyridine rings is 1. The number of carbonyl (C=O) groups excluding carboxylic acids is 1. The maximum absolute atomic E-state index is 13.3. The smallest absolute Gasteiger partial charge is 0.259 e. The minimum absolute atomic E-state index is 0.112. The molecule has 2 rings (SSSR count). The summed E-state index contributed by atoms with van der Waals surface area (Å²) < 4.78 is 14.0. The quantitative estimate of drug-likeness (QED) is 0.847. The van der Waals surface area contributed by atoms with Gasteiger partial charge in [-0.25, -0.2) is 9.37 Å². The average molecular weight is 373 g/mol. The molecule has 0 bridgehead atoms. The molecule has 2 N–H and O–H groups in total. The van der Waals surface area contributed by atoms with Gasteiger partial charge in [-0.15, -0.1) is 0 Å². The molecule has 1 heterocycles. The Morgan fingerprint density at radius 3 is 2.76 bits per heavy atom. The minimum Gasteiger partial charge on any atom is -0.372 e. The third-order valence-corrected chi connectivity index (χ3v) is 3.90. The maximum Gasteiger partial charge on any atom is 0.259 e. The van der Waals surface area contributed by atoms with Gasteiger partial charge in [-0.2, -0.15) is 0 Å². The van der Waals surface area contributed by atoms with Gasteiger partial charge in [-0.05, 0) is 46.6 Å². The first-order valence-corrected chi connectivity index (χ1v) is 7.19. The molecule has 1 amide bonds. The van der Waals surface area contributed by atoms with E-state index in [1.807, 2.05) is 6.92 Å². The molecule has 1 aromatic carbocycles. The van der Waals surface area contributed by atoms with E-state index in [4.69, 9.17) is 11.6 Å². The van der Waals surface area contributed by atoms with Crippen LogP contribution in [0.1, 0.15) is 15.9 Å². The van der Waals surface area contributed by atoms with Crippen LogP contribution in [-0.4, -0.2) is 17.9 Å². The van der Waals surface area contributed by atoms with Crippen molar-refractivity contribution < 1.29 is 9.18 Å². The predicted molar refractivity (Wildman–Crippen MR) is 85.6 cm³/mol. The van der Waals surface area contributed by atoms with Crippen LogP contribution in [0, 0.1) is 12.7 Å². The van der Waals surface area contributed by atoms with Gasteiger partial charge in [-0.1, -0.05) is 11.6 Å². The lowest BCUT2D eigenvalue weighted by Crippen LogP contribution is -2.15. The van der Waals surface area contributed by atoms with Crippen LogP contribution in [-0.2, 0) is 0 Å². The van der Waals surface area contributed by atoms with E-state index in [1.54, 1.807) is 19.2 Å². The Hall–Kier alpha value is -1.66. The Labute approximate surface area is 134 Å². The summed E-state index contributed by atoms with van der Waals surface area (Å²) >= 11 is 9.40. The molecule has 0 aliphatic rings. The minimum atomic E-state index is -0.583. The number of amides is 1. The van der Waals surface area contributed by atoms with Gasteiger partial charge >= 0.3 is 0 Å². The van der Waals surface area contributed by atoms with Crippen molar-refractivity contribution in [1.29, 1.82) is 0 Å². The highest BCUT2D eigenvalue weighted by Crippen LogP contribution is 2.29. The van der Waals surface area contributed by atoms with Gasteiger partial charge in [-0.3, -0.25) is 4.79 Å². The molecular weight excluding hydrogens is 361 g/mol. The largest absolute Gasteiger partial charge is 0.372 e. The van der Waals surface area contributed by atoms with Crippen LogP contribution in [0.3, 0.4) is 0 Å². The summed E-state index contributed by atoms with van der Waals surface area (Å²) in [5, 5.41) is 5.96. The second-order valence-electron chi connectivity index (χ2n) is 4.34. The first-order chi connectivity index (χ1) is 9.92. The summed E-state index contributed by atoms with van der Waals surface area (Å²) in [6, 6.07) is 4.54. The zero-order chi connectivity index (χ0) is 15.6. The Morgan fingerprint density at radius 1 is 1.38 bits per heavy atom. The Kier molecular flexibility index (Phi) is 4.80. The second kappa shape index (κ2) is 6.41. The number of carbonyl (C=O) groups is 1. The number of hydrogen-bond donors (Lipinski definition) is 2. The molecule has 21 heavy (non-hydrogen) atoms. The van der Waals surface area contributed by atoms with Crippen molar-refractivity contribution in [2.45, 2.75) is 6.92 Å². The van der Waals surface area contributed by atoms with Crippen LogP contribution in [0.2, 0.25) is 5.02 Å². The Morgan fingerprint density at radius 2 is 2.10 bits per heavy atom. The number of benzene rings is 1. The van der Waals surface area contributed by atoms with Crippen LogP contribution < -0.4 is 10.6 Å². The number of aryl methyl sites for hydroxylation is 1. The lowest BCUT2D eigenvalue weighted by molar-refractivity contribution is 0.102. The fourth-order valence-corrected chi connectivity index (χ4v) is 2.46. The van der Waals surface area contributed by atoms with Gasteiger partial charge in [0.1, 0.15) is 11.6 Å². The fraction of sp³-hybridized carbons (Fsp3) is 0.143. The van der Waals surface area contributed by atoms with Crippen molar-refractivity contribution >= 4 is 44.9 Å². The van der Waals surface area contributed by atoms with E-state index in [-0.39, 0.29) is 5.56 Å². The van der Waals surface area contributed by atoms with E-state index in [1.165, 1.54) is 0 Å². The maximum atomic E-state index is 13.3. The van der Waals surface area contributed by atoms with Crippen molar-refractivity contribution in [3.63, 3.8) is 0 Å². The molecule has 0 saturated heterocycles. The second-order valence-corrected chi connectivity index (χ2v) is 5.60. The summed E-state index contributed by atoms with van der Waals surface area (Å²) in [4.78, 5) is 16.1. The molecular formula is C14H12BrClFN3O. The third kappa shape index (κ3) is 3.51. The van der Waals surface area contributed by atoms with E-state index in [9.17, 15) is 9.18 Å². The number of anilines is 2. The normalized spacial score (nSPS) is 10.3.